The molecule has 25 heavy (non-hydrogen) atoms. The van der Waals surface area contributed by atoms with Gasteiger partial charge in [0, 0.05) is 5.56 Å². The van der Waals surface area contributed by atoms with E-state index in [1.165, 1.54) is 23.6 Å². The number of amides is 1. The number of halogens is 1. The molecule has 4 aromatic rings. The van der Waals surface area contributed by atoms with Crippen LogP contribution in [-0.2, 0) is 0 Å². The molecule has 4 rings (SSSR count). The predicted molar refractivity (Wildman–Crippen MR) is 99.8 cm³/mol. The van der Waals surface area contributed by atoms with Gasteiger partial charge in [0.15, 0.2) is 5.13 Å². The van der Waals surface area contributed by atoms with Crippen molar-refractivity contribution in [1.29, 1.82) is 0 Å². The zero-order valence-corrected chi connectivity index (χ0v) is 14.7. The van der Waals surface area contributed by atoms with Gasteiger partial charge in [-0.05, 0) is 30.7 Å². The van der Waals surface area contributed by atoms with Crippen LogP contribution in [-0.4, -0.2) is 15.9 Å². The second-order valence-corrected chi connectivity index (χ2v) is 7.47. The van der Waals surface area contributed by atoms with E-state index in [0.29, 0.717) is 20.6 Å². The molecule has 0 spiro atoms. The summed E-state index contributed by atoms with van der Waals surface area (Å²) in [5, 5.41) is 3.81. The van der Waals surface area contributed by atoms with Crippen LogP contribution in [0.3, 0.4) is 0 Å². The van der Waals surface area contributed by atoms with Crippen molar-refractivity contribution >= 4 is 43.9 Å². The summed E-state index contributed by atoms with van der Waals surface area (Å²) in [7, 11) is 0. The Balaban J connectivity index is 1.59. The van der Waals surface area contributed by atoms with Crippen LogP contribution >= 0.6 is 22.7 Å². The van der Waals surface area contributed by atoms with Crippen molar-refractivity contribution in [3.05, 3.63) is 64.9 Å². The van der Waals surface area contributed by atoms with E-state index in [1.54, 1.807) is 18.2 Å². The van der Waals surface area contributed by atoms with Gasteiger partial charge >= 0.3 is 0 Å². The summed E-state index contributed by atoms with van der Waals surface area (Å²) in [5.41, 5.74) is 2.34. The quantitative estimate of drug-likeness (QED) is 0.545. The molecule has 2 heterocycles. The highest BCUT2D eigenvalue weighted by Gasteiger charge is 2.16. The summed E-state index contributed by atoms with van der Waals surface area (Å²) in [6.45, 7) is 1.98. The number of hydrogen-bond donors (Lipinski definition) is 1. The number of anilines is 1. The highest BCUT2D eigenvalue weighted by atomic mass is 32.1. The smallest absolute Gasteiger partial charge is 0.269 e. The lowest BCUT2D eigenvalue weighted by molar-refractivity contribution is 0.103. The summed E-state index contributed by atoms with van der Waals surface area (Å²) in [6.07, 6.45) is 1.46. The van der Waals surface area contributed by atoms with E-state index in [-0.39, 0.29) is 11.7 Å². The molecule has 1 N–H and O–H groups in total. The van der Waals surface area contributed by atoms with E-state index in [9.17, 15) is 9.18 Å². The van der Waals surface area contributed by atoms with E-state index in [2.05, 4.69) is 15.3 Å². The average Bonchev–Trinajstić information content (AvgIpc) is 3.23. The van der Waals surface area contributed by atoms with Gasteiger partial charge in [0.1, 0.15) is 15.7 Å². The molecule has 0 fully saturated rings. The zero-order valence-electron chi connectivity index (χ0n) is 13.1. The standard InChI is InChI=1S/C18H12FN3OS2/c1-10-5-4-8-13-15(10)21-18(25-13)22-16(23)14-9-20-17(24-14)11-6-2-3-7-12(11)19/h2-9H,1H3,(H,21,22,23). The molecule has 2 aromatic heterocycles. The first-order valence-electron chi connectivity index (χ1n) is 7.50. The normalized spacial score (nSPS) is 11.0. The van der Waals surface area contributed by atoms with Gasteiger partial charge in [-0.2, -0.15) is 0 Å². The molecule has 0 radical (unpaired) electrons. The van der Waals surface area contributed by atoms with Gasteiger partial charge in [0.25, 0.3) is 5.91 Å². The first-order chi connectivity index (χ1) is 12.1. The lowest BCUT2D eigenvalue weighted by Crippen LogP contribution is -2.09. The van der Waals surface area contributed by atoms with Crippen LogP contribution in [0, 0.1) is 12.7 Å². The summed E-state index contributed by atoms with van der Waals surface area (Å²) in [6, 6.07) is 12.3. The van der Waals surface area contributed by atoms with Crippen molar-refractivity contribution in [3.8, 4) is 10.6 Å². The topological polar surface area (TPSA) is 54.9 Å². The number of para-hydroxylation sites is 1. The van der Waals surface area contributed by atoms with Gasteiger partial charge in [-0.15, -0.1) is 11.3 Å². The number of hydrogen-bond acceptors (Lipinski definition) is 5. The third kappa shape index (κ3) is 3.04. The molecule has 0 saturated carbocycles. The van der Waals surface area contributed by atoms with E-state index >= 15 is 0 Å². The fourth-order valence-electron chi connectivity index (χ4n) is 2.44. The minimum Gasteiger partial charge on any atom is -0.297 e. The van der Waals surface area contributed by atoms with Crippen molar-refractivity contribution in [2.45, 2.75) is 6.92 Å². The maximum Gasteiger partial charge on any atom is 0.269 e. The SMILES string of the molecule is Cc1cccc2sc(NC(=O)c3cnc(-c4ccccc4F)s3)nc12. The molecular weight excluding hydrogens is 357 g/mol. The average molecular weight is 369 g/mol. The highest BCUT2D eigenvalue weighted by molar-refractivity contribution is 7.22. The maximum absolute atomic E-state index is 13.8. The Labute approximate surface area is 151 Å². The molecule has 0 unspecified atom stereocenters. The molecule has 0 bridgehead atoms. The number of rotatable bonds is 3. The van der Waals surface area contributed by atoms with Crippen LogP contribution in [0.2, 0.25) is 0 Å². The Hall–Kier alpha value is -2.64. The van der Waals surface area contributed by atoms with Crippen molar-refractivity contribution in [3.63, 3.8) is 0 Å². The Kier molecular flexibility index (Phi) is 4.03. The number of carbonyl (C=O) groups is 1. The number of nitrogens with one attached hydrogen (secondary N) is 1. The largest absolute Gasteiger partial charge is 0.297 e. The van der Waals surface area contributed by atoms with Gasteiger partial charge in [-0.1, -0.05) is 35.6 Å². The number of benzene rings is 2. The third-order valence-corrected chi connectivity index (χ3v) is 5.64. The number of carbonyl (C=O) groups excluding carboxylic acids is 1. The fraction of sp³-hybridized carbons (Fsp3) is 0.0556. The monoisotopic (exact) mass is 369 g/mol. The van der Waals surface area contributed by atoms with Crippen molar-refractivity contribution in [2.75, 3.05) is 5.32 Å². The van der Waals surface area contributed by atoms with Crippen LogP contribution in [0.25, 0.3) is 20.8 Å². The summed E-state index contributed by atoms with van der Waals surface area (Å²) >= 11 is 2.57. The Bertz CT molecular complexity index is 1090. The number of aromatic nitrogens is 2. The molecule has 0 aliphatic carbocycles. The first kappa shape index (κ1) is 15.9. The molecule has 124 valence electrons. The lowest BCUT2D eigenvalue weighted by atomic mass is 10.2. The fourth-order valence-corrected chi connectivity index (χ4v) is 4.21. The first-order valence-corrected chi connectivity index (χ1v) is 9.13. The lowest BCUT2D eigenvalue weighted by Gasteiger charge is -1.98. The molecule has 1 amide bonds. The van der Waals surface area contributed by atoms with Gasteiger partial charge in [0.2, 0.25) is 0 Å². The Morgan fingerprint density at radius 2 is 1.96 bits per heavy atom. The second-order valence-electron chi connectivity index (χ2n) is 5.40. The van der Waals surface area contributed by atoms with E-state index in [4.69, 9.17) is 0 Å². The number of thiazole rings is 2. The minimum absolute atomic E-state index is 0.295. The number of nitrogens with zero attached hydrogens (tertiary/aromatic N) is 2. The van der Waals surface area contributed by atoms with E-state index in [0.717, 1.165) is 27.1 Å². The summed E-state index contributed by atoms with van der Waals surface area (Å²) in [4.78, 5) is 21.5. The zero-order chi connectivity index (χ0) is 17.4. The molecular formula is C18H12FN3OS2. The molecule has 0 aliphatic heterocycles. The van der Waals surface area contributed by atoms with Gasteiger partial charge < -0.3 is 0 Å². The van der Waals surface area contributed by atoms with Crippen molar-refractivity contribution in [2.24, 2.45) is 0 Å². The van der Waals surface area contributed by atoms with Gasteiger partial charge in [-0.25, -0.2) is 14.4 Å². The number of aryl methyl sites for hydroxylation is 1. The molecule has 4 nitrogen and oxygen atoms in total. The minimum atomic E-state index is -0.356. The van der Waals surface area contributed by atoms with E-state index in [1.807, 2.05) is 25.1 Å². The highest BCUT2D eigenvalue weighted by Crippen LogP contribution is 2.30. The molecule has 2 aromatic carbocycles. The van der Waals surface area contributed by atoms with E-state index < -0.39 is 0 Å². The van der Waals surface area contributed by atoms with Crippen LogP contribution in [0.15, 0.2) is 48.7 Å². The third-order valence-electron chi connectivity index (χ3n) is 3.67. The molecule has 0 aliphatic rings. The van der Waals surface area contributed by atoms with Crippen molar-refractivity contribution in [1.82, 2.24) is 9.97 Å². The molecule has 0 saturated heterocycles. The molecule has 7 heteroatoms. The van der Waals surface area contributed by atoms with Crippen LogP contribution in [0.1, 0.15) is 15.2 Å². The summed E-state index contributed by atoms with van der Waals surface area (Å²) < 4.78 is 14.9. The van der Waals surface area contributed by atoms with Crippen molar-refractivity contribution < 1.29 is 9.18 Å². The second kappa shape index (κ2) is 6.34. The Morgan fingerprint density at radius 1 is 1.12 bits per heavy atom. The van der Waals surface area contributed by atoms with Gasteiger partial charge in [0.05, 0.1) is 16.4 Å². The Morgan fingerprint density at radius 3 is 2.76 bits per heavy atom. The number of fused-ring (bicyclic) bond motifs is 1. The molecule has 0 atom stereocenters. The van der Waals surface area contributed by atoms with Crippen LogP contribution in [0.5, 0.6) is 0 Å². The van der Waals surface area contributed by atoms with Crippen LogP contribution in [0.4, 0.5) is 9.52 Å². The van der Waals surface area contributed by atoms with Crippen LogP contribution < -0.4 is 5.32 Å². The maximum atomic E-state index is 13.8. The van der Waals surface area contributed by atoms with Gasteiger partial charge in [-0.3, -0.25) is 10.1 Å². The summed E-state index contributed by atoms with van der Waals surface area (Å²) in [5.74, 6) is -0.651. The predicted octanol–water partition coefficient (Wildman–Crippen LogP) is 5.12.